The zero-order valence-corrected chi connectivity index (χ0v) is 12.4. The number of nitrogens with two attached hydrogens (primary N) is 1. The van der Waals surface area contributed by atoms with Crippen molar-refractivity contribution in [2.45, 2.75) is 64.0 Å². The third kappa shape index (κ3) is 2.33. The Balaban J connectivity index is 2.11. The van der Waals surface area contributed by atoms with E-state index in [2.05, 4.69) is 29.5 Å². The number of aromatic nitrogens is 3. The van der Waals surface area contributed by atoms with Crippen molar-refractivity contribution in [2.24, 2.45) is 5.73 Å². The van der Waals surface area contributed by atoms with Gasteiger partial charge in [0.15, 0.2) is 0 Å². The number of hydrogen-bond donors (Lipinski definition) is 1. The third-order valence-corrected chi connectivity index (χ3v) is 4.44. The quantitative estimate of drug-likeness (QED) is 0.853. The van der Waals surface area contributed by atoms with Crippen LogP contribution in [0.2, 0.25) is 0 Å². The molecule has 4 heteroatoms. The van der Waals surface area contributed by atoms with Crippen molar-refractivity contribution in [3.63, 3.8) is 0 Å². The van der Waals surface area contributed by atoms with Gasteiger partial charge in [0.05, 0.1) is 11.7 Å². The van der Waals surface area contributed by atoms with E-state index in [1.165, 1.54) is 24.8 Å². The second-order valence-electron chi connectivity index (χ2n) is 6.21. The van der Waals surface area contributed by atoms with Gasteiger partial charge in [-0.25, -0.2) is 4.98 Å². The number of pyridine rings is 1. The van der Waals surface area contributed by atoms with Crippen LogP contribution < -0.4 is 5.73 Å². The fourth-order valence-electron chi connectivity index (χ4n) is 3.43. The maximum Gasteiger partial charge on any atom is 0.114 e. The van der Waals surface area contributed by atoms with Crippen molar-refractivity contribution >= 4 is 11.0 Å². The number of imidazole rings is 1. The van der Waals surface area contributed by atoms with Crippen molar-refractivity contribution in [3.8, 4) is 0 Å². The molecule has 0 saturated heterocycles. The molecule has 0 spiro atoms. The number of rotatable bonds is 2. The number of nitrogens with zero attached hydrogens (tertiary/aromatic N) is 3. The van der Waals surface area contributed by atoms with Crippen molar-refractivity contribution in [1.82, 2.24) is 14.5 Å². The predicted molar refractivity (Wildman–Crippen MR) is 81.7 cm³/mol. The van der Waals surface area contributed by atoms with Crippen LogP contribution in [0.25, 0.3) is 11.0 Å². The van der Waals surface area contributed by atoms with E-state index in [0.29, 0.717) is 12.0 Å². The molecule has 4 nitrogen and oxygen atoms in total. The van der Waals surface area contributed by atoms with Gasteiger partial charge in [0, 0.05) is 24.2 Å². The molecule has 0 amide bonds. The lowest BCUT2D eigenvalue weighted by Gasteiger charge is -2.23. The maximum absolute atomic E-state index is 6.43. The van der Waals surface area contributed by atoms with Crippen LogP contribution >= 0.6 is 0 Å². The normalized spacial score (nSPS) is 24.2. The van der Waals surface area contributed by atoms with Gasteiger partial charge in [-0.3, -0.25) is 4.98 Å². The lowest BCUT2D eigenvalue weighted by Crippen LogP contribution is -2.29. The van der Waals surface area contributed by atoms with E-state index in [9.17, 15) is 0 Å². The molecule has 108 valence electrons. The van der Waals surface area contributed by atoms with Gasteiger partial charge in [-0.15, -0.1) is 0 Å². The van der Waals surface area contributed by atoms with Crippen LogP contribution in [0.3, 0.4) is 0 Å². The number of hydrogen-bond acceptors (Lipinski definition) is 3. The molecule has 2 unspecified atom stereocenters. The molecule has 1 saturated carbocycles. The lowest BCUT2D eigenvalue weighted by atomic mass is 9.94. The summed E-state index contributed by atoms with van der Waals surface area (Å²) in [5, 5.41) is 0. The zero-order valence-electron chi connectivity index (χ0n) is 12.4. The average Bonchev–Trinajstić information content (AvgIpc) is 2.68. The van der Waals surface area contributed by atoms with Crippen LogP contribution in [0.1, 0.15) is 63.7 Å². The van der Waals surface area contributed by atoms with E-state index in [-0.39, 0.29) is 6.04 Å². The summed E-state index contributed by atoms with van der Waals surface area (Å²) >= 11 is 0. The molecule has 1 aliphatic rings. The SMILES string of the molecule is CC(C)n1c(C2CCCCCC2N)nc2cnccc21. The molecule has 2 N–H and O–H groups in total. The van der Waals surface area contributed by atoms with Gasteiger partial charge in [0.2, 0.25) is 0 Å². The first-order valence-corrected chi connectivity index (χ1v) is 7.76. The molecule has 1 fully saturated rings. The topological polar surface area (TPSA) is 56.7 Å². The van der Waals surface area contributed by atoms with E-state index in [4.69, 9.17) is 10.7 Å². The van der Waals surface area contributed by atoms with E-state index in [0.717, 1.165) is 24.2 Å². The second-order valence-corrected chi connectivity index (χ2v) is 6.21. The summed E-state index contributed by atoms with van der Waals surface area (Å²) in [6, 6.07) is 2.70. The molecule has 0 aromatic carbocycles. The highest BCUT2D eigenvalue weighted by atomic mass is 15.1. The average molecular weight is 272 g/mol. The molecule has 0 aliphatic heterocycles. The molecule has 3 rings (SSSR count). The zero-order chi connectivity index (χ0) is 14.1. The van der Waals surface area contributed by atoms with Crippen molar-refractivity contribution in [2.75, 3.05) is 0 Å². The first-order valence-electron chi connectivity index (χ1n) is 7.76. The van der Waals surface area contributed by atoms with Crippen LogP contribution in [-0.2, 0) is 0 Å². The molecule has 1 aliphatic carbocycles. The van der Waals surface area contributed by atoms with Crippen LogP contribution in [-0.4, -0.2) is 20.6 Å². The minimum absolute atomic E-state index is 0.236. The van der Waals surface area contributed by atoms with Gasteiger partial charge in [-0.1, -0.05) is 19.3 Å². The fourth-order valence-corrected chi connectivity index (χ4v) is 3.43. The van der Waals surface area contributed by atoms with E-state index in [1.54, 1.807) is 0 Å². The predicted octanol–water partition coefficient (Wildman–Crippen LogP) is 3.39. The van der Waals surface area contributed by atoms with Crippen LogP contribution in [0.15, 0.2) is 18.5 Å². The van der Waals surface area contributed by atoms with Crippen LogP contribution in [0, 0.1) is 0 Å². The largest absolute Gasteiger partial charge is 0.327 e. The van der Waals surface area contributed by atoms with Crippen molar-refractivity contribution < 1.29 is 0 Å². The molecular formula is C16H24N4. The van der Waals surface area contributed by atoms with Gasteiger partial charge in [0.1, 0.15) is 11.3 Å². The second kappa shape index (κ2) is 5.52. The highest BCUT2D eigenvalue weighted by Crippen LogP contribution is 2.33. The Morgan fingerprint density at radius 2 is 2.05 bits per heavy atom. The summed E-state index contributed by atoms with van der Waals surface area (Å²) in [5.41, 5.74) is 8.61. The van der Waals surface area contributed by atoms with Crippen LogP contribution in [0.4, 0.5) is 0 Å². The van der Waals surface area contributed by atoms with Gasteiger partial charge in [-0.05, 0) is 32.8 Å². The maximum atomic E-state index is 6.43. The van der Waals surface area contributed by atoms with E-state index >= 15 is 0 Å². The summed E-state index contributed by atoms with van der Waals surface area (Å²) in [4.78, 5) is 9.07. The number of fused-ring (bicyclic) bond motifs is 1. The molecule has 20 heavy (non-hydrogen) atoms. The van der Waals surface area contributed by atoms with E-state index in [1.807, 2.05) is 12.4 Å². The molecule has 2 heterocycles. The summed E-state index contributed by atoms with van der Waals surface area (Å²) in [6.45, 7) is 4.43. The van der Waals surface area contributed by atoms with Gasteiger partial charge in [-0.2, -0.15) is 0 Å². The molecular weight excluding hydrogens is 248 g/mol. The lowest BCUT2D eigenvalue weighted by molar-refractivity contribution is 0.450. The van der Waals surface area contributed by atoms with Crippen molar-refractivity contribution in [3.05, 3.63) is 24.3 Å². The fraction of sp³-hybridized carbons (Fsp3) is 0.625. The summed E-state index contributed by atoms with van der Waals surface area (Å²) in [5.74, 6) is 1.55. The molecule has 0 bridgehead atoms. The smallest absolute Gasteiger partial charge is 0.114 e. The van der Waals surface area contributed by atoms with Crippen molar-refractivity contribution in [1.29, 1.82) is 0 Å². The minimum atomic E-state index is 0.236. The standard InChI is InChI=1S/C16H24N4/c1-11(2)20-15-8-9-18-10-14(15)19-16(20)12-6-4-3-5-7-13(12)17/h8-13H,3-7,17H2,1-2H3. The highest BCUT2D eigenvalue weighted by Gasteiger charge is 2.28. The summed E-state index contributed by atoms with van der Waals surface area (Å²) in [6.07, 6.45) is 9.79. The minimum Gasteiger partial charge on any atom is -0.327 e. The Bertz CT molecular complexity index is 587. The Kier molecular flexibility index (Phi) is 3.74. The van der Waals surface area contributed by atoms with E-state index < -0.39 is 0 Å². The van der Waals surface area contributed by atoms with Gasteiger partial charge >= 0.3 is 0 Å². The first kappa shape index (κ1) is 13.6. The Morgan fingerprint density at radius 1 is 1.25 bits per heavy atom. The van der Waals surface area contributed by atoms with Crippen LogP contribution in [0.5, 0.6) is 0 Å². The molecule has 2 aromatic rings. The summed E-state index contributed by atoms with van der Waals surface area (Å²) < 4.78 is 2.35. The Morgan fingerprint density at radius 3 is 2.85 bits per heavy atom. The molecule has 2 aromatic heterocycles. The Labute approximate surface area is 120 Å². The highest BCUT2D eigenvalue weighted by molar-refractivity contribution is 5.75. The molecule has 0 radical (unpaired) electrons. The summed E-state index contributed by atoms with van der Waals surface area (Å²) in [7, 11) is 0. The third-order valence-electron chi connectivity index (χ3n) is 4.44. The first-order chi connectivity index (χ1) is 9.68. The Hall–Kier alpha value is -1.42. The molecule has 2 atom stereocenters. The van der Waals surface area contributed by atoms with Gasteiger partial charge < -0.3 is 10.3 Å². The van der Waals surface area contributed by atoms with Gasteiger partial charge in [0.25, 0.3) is 0 Å². The monoisotopic (exact) mass is 272 g/mol.